The van der Waals surface area contributed by atoms with Crippen molar-refractivity contribution in [2.45, 2.75) is 59.6 Å². The van der Waals surface area contributed by atoms with Crippen LogP contribution in [0.2, 0.25) is 0 Å². The Bertz CT molecular complexity index is 362. The first kappa shape index (κ1) is 17.0. The second kappa shape index (κ2) is 6.81. The van der Waals surface area contributed by atoms with Crippen LogP contribution in [-0.2, 0) is 6.18 Å². The molecular formula is C15H23F3. The monoisotopic (exact) mass is 260 g/mol. The molecule has 0 N–H and O–H groups in total. The zero-order chi connectivity index (χ0) is 14.5. The van der Waals surface area contributed by atoms with Crippen molar-refractivity contribution in [1.29, 1.82) is 0 Å². The van der Waals surface area contributed by atoms with Crippen molar-refractivity contribution in [2.75, 3.05) is 0 Å². The molecule has 0 fully saturated rings. The van der Waals surface area contributed by atoms with E-state index in [1.807, 2.05) is 27.7 Å². The number of rotatable bonds is 2. The van der Waals surface area contributed by atoms with Crippen molar-refractivity contribution in [2.24, 2.45) is 0 Å². The largest absolute Gasteiger partial charge is 0.416 e. The fraction of sp³-hybridized carbons (Fsp3) is 0.600. The summed E-state index contributed by atoms with van der Waals surface area (Å²) in [6.07, 6.45) is -4.25. The predicted octanol–water partition coefficient (Wildman–Crippen LogP) is 5.98. The Balaban J connectivity index is 0.00000137. The lowest BCUT2D eigenvalue weighted by atomic mass is 9.91. The fourth-order valence-electron chi connectivity index (χ4n) is 1.68. The molecule has 0 saturated heterocycles. The van der Waals surface area contributed by atoms with Crippen molar-refractivity contribution in [3.63, 3.8) is 0 Å². The zero-order valence-corrected chi connectivity index (χ0v) is 12.0. The Morgan fingerprint density at radius 2 is 1.39 bits per heavy atom. The maximum absolute atomic E-state index is 12.7. The van der Waals surface area contributed by atoms with E-state index in [9.17, 15) is 13.2 Å². The molecule has 0 radical (unpaired) electrons. The van der Waals surface area contributed by atoms with Gasteiger partial charge in [-0.05, 0) is 29.0 Å². The highest BCUT2D eigenvalue weighted by Crippen LogP contribution is 2.36. The summed E-state index contributed by atoms with van der Waals surface area (Å²) < 4.78 is 38.2. The van der Waals surface area contributed by atoms with Crippen LogP contribution in [0.1, 0.15) is 70.1 Å². The zero-order valence-electron chi connectivity index (χ0n) is 12.0. The van der Waals surface area contributed by atoms with Gasteiger partial charge in [-0.25, -0.2) is 0 Å². The van der Waals surface area contributed by atoms with Crippen LogP contribution < -0.4 is 0 Å². The minimum atomic E-state index is -4.25. The molecule has 0 amide bonds. The van der Waals surface area contributed by atoms with Gasteiger partial charge in [0.1, 0.15) is 0 Å². The van der Waals surface area contributed by atoms with E-state index in [-0.39, 0.29) is 11.8 Å². The molecule has 3 heteroatoms. The van der Waals surface area contributed by atoms with Crippen LogP contribution >= 0.6 is 0 Å². The van der Waals surface area contributed by atoms with Gasteiger partial charge in [0.2, 0.25) is 0 Å². The Kier molecular flexibility index (Phi) is 6.44. The van der Waals surface area contributed by atoms with Crippen LogP contribution in [0.15, 0.2) is 18.2 Å². The minimum Gasteiger partial charge on any atom is -0.166 e. The molecule has 0 saturated carbocycles. The van der Waals surface area contributed by atoms with E-state index in [1.54, 1.807) is 26.0 Å². The number of halogens is 3. The molecule has 0 aliphatic carbocycles. The molecule has 0 spiro atoms. The summed E-state index contributed by atoms with van der Waals surface area (Å²) in [6, 6.07) is 4.45. The number of benzene rings is 1. The highest BCUT2D eigenvalue weighted by Gasteiger charge is 2.33. The molecule has 0 heterocycles. The summed E-state index contributed by atoms with van der Waals surface area (Å²) in [4.78, 5) is 0. The average Bonchev–Trinajstić information content (AvgIpc) is 2.29. The van der Waals surface area contributed by atoms with Crippen LogP contribution in [-0.4, -0.2) is 0 Å². The van der Waals surface area contributed by atoms with E-state index in [0.29, 0.717) is 5.56 Å². The summed E-state index contributed by atoms with van der Waals surface area (Å²) in [5, 5.41) is 0. The molecule has 0 unspecified atom stereocenters. The fourth-order valence-corrected chi connectivity index (χ4v) is 1.68. The van der Waals surface area contributed by atoms with E-state index < -0.39 is 11.7 Å². The molecule has 1 aromatic carbocycles. The Labute approximate surface area is 108 Å². The highest BCUT2D eigenvalue weighted by atomic mass is 19.4. The first-order valence-corrected chi connectivity index (χ1v) is 6.44. The third-order valence-electron chi connectivity index (χ3n) is 2.67. The summed E-state index contributed by atoms with van der Waals surface area (Å²) in [6.45, 7) is 11.5. The molecule has 104 valence electrons. The Morgan fingerprint density at radius 1 is 0.889 bits per heavy atom. The second-order valence-electron chi connectivity index (χ2n) is 4.65. The quantitative estimate of drug-likeness (QED) is 0.613. The maximum atomic E-state index is 12.7. The lowest BCUT2D eigenvalue weighted by Gasteiger charge is -2.18. The Hall–Kier alpha value is -0.990. The first-order chi connectivity index (χ1) is 8.23. The van der Waals surface area contributed by atoms with E-state index in [0.717, 1.165) is 5.56 Å². The number of hydrogen-bond acceptors (Lipinski definition) is 0. The molecule has 0 aliphatic rings. The predicted molar refractivity (Wildman–Crippen MR) is 71.0 cm³/mol. The SMILES string of the molecule is CC.CC(C)c1ccc(C(F)(F)F)c(C(C)C)c1. The summed E-state index contributed by atoms with van der Waals surface area (Å²) in [5.41, 5.74) is 0.835. The van der Waals surface area contributed by atoms with E-state index in [1.165, 1.54) is 6.07 Å². The van der Waals surface area contributed by atoms with E-state index in [4.69, 9.17) is 0 Å². The molecule has 0 nitrogen and oxygen atoms in total. The minimum absolute atomic E-state index is 0.115. The van der Waals surface area contributed by atoms with Crippen LogP contribution in [0.25, 0.3) is 0 Å². The van der Waals surface area contributed by atoms with Crippen molar-refractivity contribution in [3.05, 3.63) is 34.9 Å². The second-order valence-corrected chi connectivity index (χ2v) is 4.65. The Morgan fingerprint density at radius 3 is 1.72 bits per heavy atom. The normalized spacial score (nSPS) is 11.5. The molecule has 0 aliphatic heterocycles. The van der Waals surface area contributed by atoms with Crippen molar-refractivity contribution >= 4 is 0 Å². The molecule has 0 atom stereocenters. The molecule has 0 bridgehead atoms. The van der Waals surface area contributed by atoms with Gasteiger partial charge in [-0.15, -0.1) is 0 Å². The van der Waals surface area contributed by atoms with Gasteiger partial charge in [-0.2, -0.15) is 13.2 Å². The van der Waals surface area contributed by atoms with Crippen molar-refractivity contribution in [3.8, 4) is 0 Å². The van der Waals surface area contributed by atoms with Gasteiger partial charge in [0.15, 0.2) is 0 Å². The third-order valence-corrected chi connectivity index (χ3v) is 2.67. The van der Waals surface area contributed by atoms with Crippen LogP contribution in [0.3, 0.4) is 0 Å². The summed E-state index contributed by atoms with van der Waals surface area (Å²) in [5.74, 6) is 0.134. The molecule has 1 rings (SSSR count). The van der Waals surface area contributed by atoms with Gasteiger partial charge < -0.3 is 0 Å². The lowest BCUT2D eigenvalue weighted by Crippen LogP contribution is -2.10. The third kappa shape index (κ3) is 4.35. The highest BCUT2D eigenvalue weighted by molar-refractivity contribution is 5.37. The molecule has 18 heavy (non-hydrogen) atoms. The van der Waals surface area contributed by atoms with Crippen molar-refractivity contribution < 1.29 is 13.2 Å². The van der Waals surface area contributed by atoms with E-state index >= 15 is 0 Å². The van der Waals surface area contributed by atoms with Gasteiger partial charge in [0, 0.05) is 0 Å². The lowest BCUT2D eigenvalue weighted by molar-refractivity contribution is -0.138. The van der Waals surface area contributed by atoms with Gasteiger partial charge in [-0.1, -0.05) is 53.7 Å². The average molecular weight is 260 g/mol. The van der Waals surface area contributed by atoms with E-state index in [2.05, 4.69) is 0 Å². The van der Waals surface area contributed by atoms with Gasteiger partial charge in [-0.3, -0.25) is 0 Å². The molecule has 1 aromatic rings. The summed E-state index contributed by atoms with van der Waals surface area (Å²) in [7, 11) is 0. The smallest absolute Gasteiger partial charge is 0.166 e. The van der Waals surface area contributed by atoms with Gasteiger partial charge >= 0.3 is 6.18 Å². The standard InChI is InChI=1S/C13H17F3.C2H6/c1-8(2)10-5-6-12(13(14,15)16)11(7-10)9(3)4;1-2/h5-9H,1-4H3;1-2H3. The first-order valence-electron chi connectivity index (χ1n) is 6.44. The maximum Gasteiger partial charge on any atom is 0.416 e. The van der Waals surface area contributed by atoms with Crippen LogP contribution in [0.4, 0.5) is 13.2 Å². The molecular weight excluding hydrogens is 237 g/mol. The van der Waals surface area contributed by atoms with Crippen molar-refractivity contribution in [1.82, 2.24) is 0 Å². The summed E-state index contributed by atoms with van der Waals surface area (Å²) >= 11 is 0. The van der Waals surface area contributed by atoms with Crippen LogP contribution in [0, 0.1) is 0 Å². The number of alkyl halides is 3. The van der Waals surface area contributed by atoms with Gasteiger partial charge in [0.05, 0.1) is 5.56 Å². The van der Waals surface area contributed by atoms with Gasteiger partial charge in [0.25, 0.3) is 0 Å². The number of hydrogen-bond donors (Lipinski definition) is 0. The topological polar surface area (TPSA) is 0 Å². The van der Waals surface area contributed by atoms with Crippen LogP contribution in [0.5, 0.6) is 0 Å². The molecule has 0 aromatic heterocycles.